The molecule has 3 aromatic heterocycles. The van der Waals surface area contributed by atoms with Crippen molar-refractivity contribution in [2.45, 2.75) is 13.3 Å². The molecule has 184 valence electrons. The number of fused-ring (bicyclic) bond motifs is 1. The van der Waals surface area contributed by atoms with Crippen LogP contribution in [0.2, 0.25) is 0 Å². The number of nitrogens with zero attached hydrogens (tertiary/aromatic N) is 6. The lowest BCUT2D eigenvalue weighted by Crippen LogP contribution is -2.52. The molecule has 2 amide bonds. The zero-order chi connectivity index (χ0) is 25.2. The Labute approximate surface area is 206 Å². The molecule has 4 aromatic rings. The average molecular weight is 488 g/mol. The molecule has 1 aliphatic heterocycles. The summed E-state index contributed by atoms with van der Waals surface area (Å²) in [5.41, 5.74) is 1.30. The van der Waals surface area contributed by atoms with E-state index in [0.717, 1.165) is 0 Å². The first-order valence-electron chi connectivity index (χ1n) is 11.6. The highest BCUT2D eigenvalue weighted by Gasteiger charge is 2.31. The molecule has 36 heavy (non-hydrogen) atoms. The van der Waals surface area contributed by atoms with E-state index in [0.29, 0.717) is 53.4 Å². The number of amides is 2. The molecule has 1 N–H and O–H groups in total. The number of methoxy groups -OCH3 is 1. The van der Waals surface area contributed by atoms with Crippen LogP contribution in [0, 0.1) is 0 Å². The molecule has 11 heteroatoms. The van der Waals surface area contributed by atoms with Gasteiger partial charge in [0.1, 0.15) is 12.1 Å². The molecule has 1 saturated heterocycles. The van der Waals surface area contributed by atoms with Gasteiger partial charge in [-0.1, -0.05) is 25.1 Å². The van der Waals surface area contributed by atoms with Crippen LogP contribution in [0.3, 0.4) is 0 Å². The molecule has 1 aliphatic rings. The van der Waals surface area contributed by atoms with Gasteiger partial charge in [0.25, 0.3) is 17.6 Å². The summed E-state index contributed by atoms with van der Waals surface area (Å²) in [6.07, 6.45) is 5.20. The number of hydrogen-bond donors (Lipinski definition) is 1. The van der Waals surface area contributed by atoms with Crippen LogP contribution in [0.1, 0.15) is 33.5 Å². The van der Waals surface area contributed by atoms with Crippen LogP contribution in [-0.2, 0) is 11.2 Å². The minimum absolute atomic E-state index is 0.0882. The van der Waals surface area contributed by atoms with E-state index < -0.39 is 11.7 Å². The van der Waals surface area contributed by atoms with Gasteiger partial charge in [-0.15, -0.1) is 5.10 Å². The Bertz CT molecular complexity index is 1440. The largest absolute Gasteiger partial charge is 0.494 e. The highest BCUT2D eigenvalue weighted by molar-refractivity contribution is 6.45. The number of ether oxygens (including phenoxy) is 1. The minimum Gasteiger partial charge on any atom is -0.494 e. The number of hydrogen-bond acceptors (Lipinski definition) is 7. The molecule has 11 nitrogen and oxygen atoms in total. The second-order valence-electron chi connectivity index (χ2n) is 8.34. The van der Waals surface area contributed by atoms with Crippen molar-refractivity contribution in [3.8, 4) is 11.6 Å². The normalized spacial score (nSPS) is 13.7. The van der Waals surface area contributed by atoms with Crippen LogP contribution in [0.4, 0.5) is 0 Å². The summed E-state index contributed by atoms with van der Waals surface area (Å²) in [4.78, 5) is 54.1. The predicted molar refractivity (Wildman–Crippen MR) is 130 cm³/mol. The number of ketones is 1. The number of aromatic nitrogens is 5. The quantitative estimate of drug-likeness (QED) is 0.325. The lowest BCUT2D eigenvalue weighted by molar-refractivity contribution is -0.127. The van der Waals surface area contributed by atoms with E-state index in [1.54, 1.807) is 23.4 Å². The fraction of sp³-hybridized carbons (Fsp3) is 0.280. The summed E-state index contributed by atoms with van der Waals surface area (Å²) >= 11 is 0. The van der Waals surface area contributed by atoms with Crippen molar-refractivity contribution in [2.75, 3.05) is 33.3 Å². The number of aryl methyl sites for hydroxylation is 1. The molecular formula is C25H25N7O4. The topological polar surface area (TPSA) is 126 Å². The average Bonchev–Trinajstić information content (AvgIpc) is 3.60. The van der Waals surface area contributed by atoms with E-state index >= 15 is 0 Å². The summed E-state index contributed by atoms with van der Waals surface area (Å²) in [6.45, 7) is 3.20. The lowest BCUT2D eigenvalue weighted by Gasteiger charge is -2.34. The Balaban J connectivity index is 1.37. The molecule has 0 aliphatic carbocycles. The smallest absolute Gasteiger partial charge is 0.295 e. The SMILES string of the molecule is CCc1ncn(-c2ncc(OC)c3c(C(=O)C(=O)N4CCN(C(=O)c5ccccc5)CC4)c[nH]c23)n1. The predicted octanol–water partition coefficient (Wildman–Crippen LogP) is 1.88. The first kappa shape index (κ1) is 23.2. The number of benzene rings is 1. The maximum atomic E-state index is 13.3. The number of pyridine rings is 1. The molecule has 1 fully saturated rings. The third-order valence-electron chi connectivity index (χ3n) is 6.26. The van der Waals surface area contributed by atoms with Crippen molar-refractivity contribution in [2.24, 2.45) is 0 Å². The zero-order valence-electron chi connectivity index (χ0n) is 20.0. The van der Waals surface area contributed by atoms with Crippen LogP contribution in [0.15, 0.2) is 49.1 Å². The van der Waals surface area contributed by atoms with Crippen LogP contribution < -0.4 is 4.74 Å². The van der Waals surface area contributed by atoms with E-state index in [2.05, 4.69) is 20.1 Å². The summed E-state index contributed by atoms with van der Waals surface area (Å²) in [7, 11) is 1.48. The molecule has 4 heterocycles. The first-order chi connectivity index (χ1) is 17.5. The maximum Gasteiger partial charge on any atom is 0.295 e. The van der Waals surface area contributed by atoms with Gasteiger partial charge in [-0.05, 0) is 12.1 Å². The maximum absolute atomic E-state index is 13.3. The number of nitrogens with one attached hydrogen (secondary N) is 1. The van der Waals surface area contributed by atoms with Crippen molar-refractivity contribution in [3.05, 3.63) is 66.0 Å². The van der Waals surface area contributed by atoms with Crippen LogP contribution in [0.5, 0.6) is 5.75 Å². The molecule has 0 saturated carbocycles. The lowest BCUT2D eigenvalue weighted by atomic mass is 10.1. The van der Waals surface area contributed by atoms with Crippen molar-refractivity contribution in [3.63, 3.8) is 0 Å². The molecule has 0 spiro atoms. The monoisotopic (exact) mass is 487 g/mol. The van der Waals surface area contributed by atoms with Gasteiger partial charge in [-0.25, -0.2) is 14.6 Å². The van der Waals surface area contributed by atoms with Gasteiger partial charge >= 0.3 is 0 Å². The van der Waals surface area contributed by atoms with Gasteiger partial charge in [-0.3, -0.25) is 14.4 Å². The van der Waals surface area contributed by atoms with Crippen molar-refractivity contribution >= 4 is 28.5 Å². The minimum atomic E-state index is -0.660. The number of piperazine rings is 1. The Morgan fingerprint density at radius 2 is 1.75 bits per heavy atom. The van der Waals surface area contributed by atoms with Gasteiger partial charge in [-0.2, -0.15) is 0 Å². The molecule has 0 unspecified atom stereocenters. The second-order valence-corrected chi connectivity index (χ2v) is 8.34. The number of Topliss-reactive ketones (excluding diaryl/α,β-unsaturated/α-hetero) is 1. The van der Waals surface area contributed by atoms with E-state index in [1.807, 2.05) is 25.1 Å². The summed E-state index contributed by atoms with van der Waals surface area (Å²) < 4.78 is 6.98. The Morgan fingerprint density at radius 3 is 2.42 bits per heavy atom. The van der Waals surface area contributed by atoms with Crippen LogP contribution in [-0.4, -0.2) is 85.4 Å². The molecule has 5 rings (SSSR count). The molecule has 0 bridgehead atoms. The fourth-order valence-corrected chi connectivity index (χ4v) is 4.31. The van der Waals surface area contributed by atoms with E-state index in [9.17, 15) is 14.4 Å². The number of H-pyrrole nitrogens is 1. The summed E-state index contributed by atoms with van der Waals surface area (Å²) in [5, 5.41) is 4.85. The second kappa shape index (κ2) is 9.61. The molecule has 1 aromatic carbocycles. The highest BCUT2D eigenvalue weighted by Crippen LogP contribution is 2.32. The fourth-order valence-electron chi connectivity index (χ4n) is 4.31. The number of carbonyl (C=O) groups is 3. The third-order valence-corrected chi connectivity index (χ3v) is 6.26. The molecule has 0 radical (unpaired) electrons. The van der Waals surface area contributed by atoms with Crippen LogP contribution in [0.25, 0.3) is 16.7 Å². The highest BCUT2D eigenvalue weighted by atomic mass is 16.5. The Kier molecular flexibility index (Phi) is 6.19. The van der Waals surface area contributed by atoms with Crippen LogP contribution >= 0.6 is 0 Å². The number of rotatable bonds is 6. The summed E-state index contributed by atoms with van der Waals surface area (Å²) in [5.74, 6) is 0.0840. The van der Waals surface area contributed by atoms with Gasteiger partial charge in [0.2, 0.25) is 0 Å². The molecule has 0 atom stereocenters. The van der Waals surface area contributed by atoms with Crippen molar-refractivity contribution < 1.29 is 19.1 Å². The zero-order valence-corrected chi connectivity index (χ0v) is 20.0. The molecular weight excluding hydrogens is 462 g/mol. The van der Waals surface area contributed by atoms with Gasteiger partial charge in [0, 0.05) is 44.4 Å². The Morgan fingerprint density at radius 1 is 1.03 bits per heavy atom. The van der Waals surface area contributed by atoms with Gasteiger partial charge in [0.15, 0.2) is 11.6 Å². The van der Waals surface area contributed by atoms with E-state index in [4.69, 9.17) is 4.74 Å². The number of aromatic amines is 1. The Hall–Kier alpha value is -4.54. The van der Waals surface area contributed by atoms with Gasteiger partial charge in [0.05, 0.1) is 29.8 Å². The summed E-state index contributed by atoms with van der Waals surface area (Å²) in [6, 6.07) is 9.01. The number of carbonyl (C=O) groups excluding carboxylic acids is 3. The first-order valence-corrected chi connectivity index (χ1v) is 11.6. The van der Waals surface area contributed by atoms with Crippen molar-refractivity contribution in [1.29, 1.82) is 0 Å². The third kappa shape index (κ3) is 4.08. The van der Waals surface area contributed by atoms with Gasteiger partial charge < -0.3 is 19.5 Å². The van der Waals surface area contributed by atoms with E-state index in [1.165, 1.54) is 29.1 Å². The standard InChI is InChI=1S/C25H25N7O4/c1-3-19-28-15-32(29-19)23-21-20(18(36-2)14-27-23)17(13-26-21)22(33)25(35)31-11-9-30(10-12-31)24(34)16-7-5-4-6-8-16/h4-8,13-15,26H,3,9-12H2,1-2H3. The van der Waals surface area contributed by atoms with Crippen molar-refractivity contribution in [1.82, 2.24) is 34.5 Å². The van der Waals surface area contributed by atoms with E-state index in [-0.39, 0.29) is 24.6 Å².